The van der Waals surface area contributed by atoms with E-state index in [2.05, 4.69) is 26.0 Å². The molecule has 0 aromatic carbocycles. The fourth-order valence-electron chi connectivity index (χ4n) is 2.19. The van der Waals surface area contributed by atoms with Gasteiger partial charge in [-0.2, -0.15) is 0 Å². The zero-order valence-corrected chi connectivity index (χ0v) is 13.3. The average molecular weight is 266 g/mol. The minimum absolute atomic E-state index is 0.475. The molecular formula is C18H34O. The molecule has 0 amide bonds. The molecule has 0 aromatic rings. The van der Waals surface area contributed by atoms with Gasteiger partial charge in [0.05, 0.1) is 0 Å². The van der Waals surface area contributed by atoms with E-state index in [4.69, 9.17) is 0 Å². The SMILES string of the molecule is CCC/C=C/CCCCCCCCC(=O)CCCC. The van der Waals surface area contributed by atoms with Crippen LogP contribution in [0, 0.1) is 0 Å². The Bertz CT molecular complexity index is 218. The summed E-state index contributed by atoms with van der Waals surface area (Å²) >= 11 is 0. The molecule has 1 nitrogen and oxygen atoms in total. The maximum Gasteiger partial charge on any atom is 0.132 e. The molecule has 1 heteroatoms. The molecule has 0 atom stereocenters. The Morgan fingerprint density at radius 2 is 1.26 bits per heavy atom. The van der Waals surface area contributed by atoms with Crippen LogP contribution in [-0.4, -0.2) is 5.78 Å². The van der Waals surface area contributed by atoms with E-state index < -0.39 is 0 Å². The van der Waals surface area contributed by atoms with Crippen LogP contribution in [0.3, 0.4) is 0 Å². The highest BCUT2D eigenvalue weighted by molar-refractivity contribution is 5.78. The summed E-state index contributed by atoms with van der Waals surface area (Å²) in [5.74, 6) is 0.475. The van der Waals surface area contributed by atoms with Crippen LogP contribution in [0.2, 0.25) is 0 Å². The van der Waals surface area contributed by atoms with E-state index >= 15 is 0 Å². The van der Waals surface area contributed by atoms with Crippen LogP contribution in [0.15, 0.2) is 12.2 Å². The summed E-state index contributed by atoms with van der Waals surface area (Å²) in [5, 5.41) is 0. The molecule has 0 fully saturated rings. The van der Waals surface area contributed by atoms with Crippen molar-refractivity contribution in [2.45, 2.75) is 97.3 Å². The number of allylic oxidation sites excluding steroid dienone is 2. The van der Waals surface area contributed by atoms with E-state index in [-0.39, 0.29) is 0 Å². The predicted octanol–water partition coefficient (Wildman–Crippen LogP) is 6.22. The highest BCUT2D eigenvalue weighted by atomic mass is 16.1. The second-order valence-corrected chi connectivity index (χ2v) is 5.56. The van der Waals surface area contributed by atoms with Crippen LogP contribution in [0.1, 0.15) is 97.3 Å². The minimum Gasteiger partial charge on any atom is -0.300 e. The van der Waals surface area contributed by atoms with E-state index in [9.17, 15) is 4.79 Å². The molecule has 112 valence electrons. The molecule has 0 radical (unpaired) electrons. The largest absolute Gasteiger partial charge is 0.300 e. The first-order chi connectivity index (χ1) is 9.31. The van der Waals surface area contributed by atoms with Crippen LogP contribution >= 0.6 is 0 Å². The quantitative estimate of drug-likeness (QED) is 0.269. The molecule has 0 spiro atoms. The Morgan fingerprint density at radius 1 is 0.684 bits per heavy atom. The van der Waals surface area contributed by atoms with E-state index in [0.717, 1.165) is 32.1 Å². The molecule has 0 aliphatic rings. The van der Waals surface area contributed by atoms with E-state index in [0.29, 0.717) is 5.78 Å². The van der Waals surface area contributed by atoms with Crippen molar-refractivity contribution in [1.29, 1.82) is 0 Å². The van der Waals surface area contributed by atoms with E-state index in [1.54, 1.807) is 0 Å². The molecule has 0 N–H and O–H groups in total. The lowest BCUT2D eigenvalue weighted by Crippen LogP contribution is -1.96. The summed E-state index contributed by atoms with van der Waals surface area (Å²) in [6.07, 6.45) is 19.9. The van der Waals surface area contributed by atoms with Crippen molar-refractivity contribution in [2.24, 2.45) is 0 Å². The van der Waals surface area contributed by atoms with Gasteiger partial charge >= 0.3 is 0 Å². The van der Waals surface area contributed by atoms with Gasteiger partial charge in [-0.1, -0.05) is 64.5 Å². The van der Waals surface area contributed by atoms with E-state index in [1.807, 2.05) is 0 Å². The van der Waals surface area contributed by atoms with Crippen molar-refractivity contribution in [3.05, 3.63) is 12.2 Å². The first-order valence-corrected chi connectivity index (χ1v) is 8.48. The lowest BCUT2D eigenvalue weighted by atomic mass is 10.0. The van der Waals surface area contributed by atoms with Crippen LogP contribution in [0.4, 0.5) is 0 Å². The summed E-state index contributed by atoms with van der Waals surface area (Å²) in [5.41, 5.74) is 0. The number of hydrogen-bond donors (Lipinski definition) is 0. The third kappa shape index (κ3) is 15.4. The highest BCUT2D eigenvalue weighted by Crippen LogP contribution is 2.10. The minimum atomic E-state index is 0.475. The van der Waals surface area contributed by atoms with Crippen LogP contribution in [0.5, 0.6) is 0 Å². The third-order valence-corrected chi connectivity index (χ3v) is 3.51. The van der Waals surface area contributed by atoms with Gasteiger partial charge in [-0.3, -0.25) is 4.79 Å². The molecule has 0 saturated heterocycles. The van der Waals surface area contributed by atoms with E-state index in [1.165, 1.54) is 51.4 Å². The molecule has 0 aliphatic carbocycles. The Hall–Kier alpha value is -0.590. The topological polar surface area (TPSA) is 17.1 Å². The number of rotatable bonds is 14. The Morgan fingerprint density at radius 3 is 1.95 bits per heavy atom. The van der Waals surface area contributed by atoms with Gasteiger partial charge in [0.2, 0.25) is 0 Å². The van der Waals surface area contributed by atoms with Gasteiger partial charge in [0.25, 0.3) is 0 Å². The van der Waals surface area contributed by atoms with Crippen molar-refractivity contribution in [1.82, 2.24) is 0 Å². The molecule has 0 aliphatic heterocycles. The van der Waals surface area contributed by atoms with Gasteiger partial charge < -0.3 is 0 Å². The molecule has 0 unspecified atom stereocenters. The number of unbranched alkanes of at least 4 members (excludes halogenated alkanes) is 8. The molecule has 0 bridgehead atoms. The number of Topliss-reactive ketones (excluding diaryl/α,β-unsaturated/α-hetero) is 1. The smallest absolute Gasteiger partial charge is 0.132 e. The lowest BCUT2D eigenvalue weighted by molar-refractivity contribution is -0.119. The summed E-state index contributed by atoms with van der Waals surface area (Å²) in [6, 6.07) is 0. The van der Waals surface area contributed by atoms with Crippen molar-refractivity contribution in [2.75, 3.05) is 0 Å². The molecule has 0 rings (SSSR count). The van der Waals surface area contributed by atoms with Gasteiger partial charge in [-0.25, -0.2) is 0 Å². The average Bonchev–Trinajstić information content (AvgIpc) is 2.42. The Balaban J connectivity index is 3.12. The molecular weight excluding hydrogens is 232 g/mol. The Labute approximate surface area is 120 Å². The molecule has 0 aromatic heterocycles. The summed E-state index contributed by atoms with van der Waals surface area (Å²) in [6.45, 7) is 4.36. The fourth-order valence-corrected chi connectivity index (χ4v) is 2.19. The maximum absolute atomic E-state index is 11.5. The monoisotopic (exact) mass is 266 g/mol. The third-order valence-electron chi connectivity index (χ3n) is 3.51. The second-order valence-electron chi connectivity index (χ2n) is 5.56. The number of ketones is 1. The summed E-state index contributed by atoms with van der Waals surface area (Å²) in [4.78, 5) is 11.5. The zero-order chi connectivity index (χ0) is 14.2. The van der Waals surface area contributed by atoms with Crippen LogP contribution < -0.4 is 0 Å². The first-order valence-electron chi connectivity index (χ1n) is 8.48. The van der Waals surface area contributed by atoms with Gasteiger partial charge in [-0.05, 0) is 32.1 Å². The van der Waals surface area contributed by atoms with Gasteiger partial charge in [0, 0.05) is 12.8 Å². The molecule has 0 heterocycles. The predicted molar refractivity (Wildman–Crippen MR) is 85.5 cm³/mol. The van der Waals surface area contributed by atoms with Crippen molar-refractivity contribution in [3.8, 4) is 0 Å². The van der Waals surface area contributed by atoms with Crippen LogP contribution in [0.25, 0.3) is 0 Å². The highest BCUT2D eigenvalue weighted by Gasteiger charge is 2.00. The summed E-state index contributed by atoms with van der Waals surface area (Å²) < 4.78 is 0. The zero-order valence-electron chi connectivity index (χ0n) is 13.3. The van der Waals surface area contributed by atoms with Crippen molar-refractivity contribution < 1.29 is 4.79 Å². The Kier molecular flexibility index (Phi) is 15.0. The van der Waals surface area contributed by atoms with Gasteiger partial charge in [0.1, 0.15) is 5.78 Å². The number of carbonyl (C=O) groups is 1. The molecule has 0 saturated carbocycles. The number of hydrogen-bond acceptors (Lipinski definition) is 1. The van der Waals surface area contributed by atoms with Crippen LogP contribution in [-0.2, 0) is 4.79 Å². The maximum atomic E-state index is 11.5. The van der Waals surface area contributed by atoms with Gasteiger partial charge in [-0.15, -0.1) is 0 Å². The summed E-state index contributed by atoms with van der Waals surface area (Å²) in [7, 11) is 0. The first kappa shape index (κ1) is 18.4. The second kappa shape index (κ2) is 15.5. The van der Waals surface area contributed by atoms with Gasteiger partial charge in [0.15, 0.2) is 0 Å². The number of carbonyl (C=O) groups excluding carboxylic acids is 1. The van der Waals surface area contributed by atoms with Crippen molar-refractivity contribution >= 4 is 5.78 Å². The normalized spacial score (nSPS) is 11.3. The fraction of sp³-hybridized carbons (Fsp3) is 0.833. The lowest BCUT2D eigenvalue weighted by Gasteiger charge is -2.01. The molecule has 19 heavy (non-hydrogen) atoms. The standard InChI is InChI=1S/C18H34O/c1-3-5-7-8-9-10-11-12-13-14-15-17-18(19)16-6-4-2/h7-8H,3-6,9-17H2,1-2H3/b8-7+. The van der Waals surface area contributed by atoms with Crippen molar-refractivity contribution in [3.63, 3.8) is 0 Å².